The molecule has 0 aliphatic heterocycles. The third-order valence-electron chi connectivity index (χ3n) is 2.94. The number of nitrogens with one attached hydrogen (secondary N) is 2. The molecule has 0 aliphatic carbocycles. The first kappa shape index (κ1) is 16.5. The first-order valence-corrected chi connectivity index (χ1v) is 6.39. The van der Waals surface area contributed by atoms with Crippen LogP contribution in [0.15, 0.2) is 30.3 Å². The van der Waals surface area contributed by atoms with Crippen LogP contribution in [-0.4, -0.2) is 20.3 Å². The molecule has 2 aromatic carbocycles. The summed E-state index contributed by atoms with van der Waals surface area (Å²) in [5, 5.41) is 4.50. The van der Waals surface area contributed by atoms with E-state index in [0.717, 1.165) is 6.07 Å². The average Bonchev–Trinajstić information content (AvgIpc) is 2.55. The highest BCUT2D eigenvalue weighted by Gasteiger charge is 2.16. The predicted molar refractivity (Wildman–Crippen MR) is 78.5 cm³/mol. The Bertz CT molecular complexity index is 738. The van der Waals surface area contributed by atoms with Crippen LogP contribution in [0.5, 0.6) is 11.5 Å². The van der Waals surface area contributed by atoms with E-state index in [1.807, 2.05) is 0 Å². The zero-order valence-corrected chi connectivity index (χ0v) is 12.2. The molecular weight excluding hydrogens is 313 g/mol. The molecule has 2 rings (SSSR count). The molecule has 0 aromatic heterocycles. The summed E-state index contributed by atoms with van der Waals surface area (Å²) in [7, 11) is 2.85. The molecule has 2 aromatic rings. The molecule has 122 valence electrons. The van der Waals surface area contributed by atoms with Crippen molar-refractivity contribution in [3.63, 3.8) is 0 Å². The molecule has 8 heteroatoms. The van der Waals surface area contributed by atoms with Gasteiger partial charge in [-0.25, -0.2) is 18.0 Å². The van der Waals surface area contributed by atoms with Crippen molar-refractivity contribution >= 4 is 17.4 Å². The lowest BCUT2D eigenvalue weighted by Crippen LogP contribution is -2.21. The van der Waals surface area contributed by atoms with Gasteiger partial charge in [-0.3, -0.25) is 0 Å². The molecule has 0 spiro atoms. The molecule has 0 aliphatic rings. The summed E-state index contributed by atoms with van der Waals surface area (Å²) in [6.45, 7) is 0. The van der Waals surface area contributed by atoms with E-state index in [0.29, 0.717) is 17.6 Å². The molecule has 0 saturated carbocycles. The Kier molecular flexibility index (Phi) is 4.95. The van der Waals surface area contributed by atoms with Crippen LogP contribution in [0.25, 0.3) is 0 Å². The van der Waals surface area contributed by atoms with Gasteiger partial charge in [0.05, 0.1) is 25.6 Å². The van der Waals surface area contributed by atoms with E-state index in [2.05, 4.69) is 10.6 Å². The lowest BCUT2D eigenvalue weighted by Gasteiger charge is -2.13. The quantitative estimate of drug-likeness (QED) is 0.841. The molecule has 0 saturated heterocycles. The van der Waals surface area contributed by atoms with E-state index in [1.54, 1.807) is 12.1 Å². The summed E-state index contributed by atoms with van der Waals surface area (Å²) in [5.74, 6) is -3.70. The largest absolute Gasteiger partial charge is 0.497 e. The third-order valence-corrected chi connectivity index (χ3v) is 2.94. The van der Waals surface area contributed by atoms with Gasteiger partial charge in [-0.1, -0.05) is 0 Å². The Labute approximate surface area is 130 Å². The number of urea groups is 1. The van der Waals surface area contributed by atoms with Crippen LogP contribution in [0.4, 0.5) is 29.3 Å². The second kappa shape index (κ2) is 6.91. The average molecular weight is 326 g/mol. The first-order chi connectivity index (χ1) is 11.0. The number of benzene rings is 2. The van der Waals surface area contributed by atoms with Gasteiger partial charge in [0.15, 0.2) is 17.5 Å². The number of amides is 2. The highest BCUT2D eigenvalue weighted by Crippen LogP contribution is 2.29. The zero-order chi connectivity index (χ0) is 17.0. The lowest BCUT2D eigenvalue weighted by molar-refractivity contribution is 0.262. The van der Waals surface area contributed by atoms with Crippen molar-refractivity contribution in [3.8, 4) is 11.5 Å². The van der Waals surface area contributed by atoms with Gasteiger partial charge in [-0.15, -0.1) is 0 Å². The summed E-state index contributed by atoms with van der Waals surface area (Å²) in [5.41, 5.74) is -0.240. The summed E-state index contributed by atoms with van der Waals surface area (Å²) in [6.07, 6.45) is 0. The van der Waals surface area contributed by atoms with E-state index in [4.69, 9.17) is 9.47 Å². The minimum absolute atomic E-state index is 0.257. The standard InChI is InChI=1S/C15H13F3N2O3/c1-22-8-3-6-12(23-2)11(7-8)20-15(21)19-10-5-4-9(16)13(17)14(10)18/h3-7H,1-2H3,(H2,19,20,21). The first-order valence-electron chi connectivity index (χ1n) is 6.39. The summed E-state index contributed by atoms with van der Waals surface area (Å²) in [6, 6.07) is 5.43. The fraction of sp³-hybridized carbons (Fsp3) is 0.133. The van der Waals surface area contributed by atoms with Gasteiger partial charge in [0, 0.05) is 6.07 Å². The number of halogens is 3. The summed E-state index contributed by atoms with van der Waals surface area (Å²) >= 11 is 0. The van der Waals surface area contributed by atoms with Crippen LogP contribution in [-0.2, 0) is 0 Å². The van der Waals surface area contributed by atoms with Gasteiger partial charge in [-0.2, -0.15) is 0 Å². The van der Waals surface area contributed by atoms with E-state index in [9.17, 15) is 18.0 Å². The maximum Gasteiger partial charge on any atom is 0.323 e. The Hall–Kier alpha value is -2.90. The van der Waals surface area contributed by atoms with Crippen molar-refractivity contribution in [3.05, 3.63) is 47.8 Å². The molecule has 0 unspecified atom stereocenters. The fourth-order valence-corrected chi connectivity index (χ4v) is 1.81. The van der Waals surface area contributed by atoms with Crippen molar-refractivity contribution in [2.75, 3.05) is 24.9 Å². The van der Waals surface area contributed by atoms with Crippen molar-refractivity contribution < 1.29 is 27.4 Å². The number of hydrogen-bond donors (Lipinski definition) is 2. The molecule has 2 N–H and O–H groups in total. The van der Waals surface area contributed by atoms with Crippen molar-refractivity contribution in [2.45, 2.75) is 0 Å². The Balaban J connectivity index is 2.18. The van der Waals surface area contributed by atoms with Crippen LogP contribution in [0.2, 0.25) is 0 Å². The van der Waals surface area contributed by atoms with Crippen LogP contribution in [0, 0.1) is 17.5 Å². The third kappa shape index (κ3) is 3.65. The van der Waals surface area contributed by atoms with Crippen molar-refractivity contribution in [2.24, 2.45) is 0 Å². The van der Waals surface area contributed by atoms with Crippen LogP contribution < -0.4 is 20.1 Å². The lowest BCUT2D eigenvalue weighted by atomic mass is 10.2. The Morgan fingerprint density at radius 3 is 2.26 bits per heavy atom. The van der Waals surface area contributed by atoms with Crippen molar-refractivity contribution in [1.29, 1.82) is 0 Å². The van der Waals surface area contributed by atoms with Crippen LogP contribution >= 0.6 is 0 Å². The highest BCUT2D eigenvalue weighted by atomic mass is 19.2. The smallest absolute Gasteiger partial charge is 0.323 e. The predicted octanol–water partition coefficient (Wildman–Crippen LogP) is 3.77. The minimum atomic E-state index is -1.67. The number of carbonyl (C=O) groups is 1. The molecule has 5 nitrogen and oxygen atoms in total. The molecule has 0 radical (unpaired) electrons. The van der Waals surface area contributed by atoms with Gasteiger partial charge in [0.1, 0.15) is 11.5 Å². The molecule has 0 heterocycles. The Morgan fingerprint density at radius 1 is 0.913 bits per heavy atom. The van der Waals surface area contributed by atoms with Gasteiger partial charge in [-0.05, 0) is 24.3 Å². The topological polar surface area (TPSA) is 59.6 Å². The normalized spacial score (nSPS) is 10.1. The maximum absolute atomic E-state index is 13.5. The zero-order valence-electron chi connectivity index (χ0n) is 12.2. The van der Waals surface area contributed by atoms with E-state index >= 15 is 0 Å². The number of anilines is 2. The SMILES string of the molecule is COc1ccc(OC)c(NC(=O)Nc2ccc(F)c(F)c2F)c1. The van der Waals surface area contributed by atoms with Gasteiger partial charge >= 0.3 is 6.03 Å². The molecule has 0 atom stereocenters. The molecular formula is C15H13F3N2O3. The second-order valence-corrected chi connectivity index (χ2v) is 4.37. The minimum Gasteiger partial charge on any atom is -0.497 e. The van der Waals surface area contributed by atoms with E-state index in [1.165, 1.54) is 20.3 Å². The summed E-state index contributed by atoms with van der Waals surface area (Å²) in [4.78, 5) is 11.9. The summed E-state index contributed by atoms with van der Waals surface area (Å²) < 4.78 is 49.6. The van der Waals surface area contributed by atoms with Crippen LogP contribution in [0.1, 0.15) is 0 Å². The number of hydrogen-bond acceptors (Lipinski definition) is 3. The molecule has 0 bridgehead atoms. The number of ether oxygens (including phenoxy) is 2. The molecule has 23 heavy (non-hydrogen) atoms. The van der Waals surface area contributed by atoms with Gasteiger partial charge in [0.2, 0.25) is 0 Å². The fourth-order valence-electron chi connectivity index (χ4n) is 1.81. The van der Waals surface area contributed by atoms with Crippen LogP contribution in [0.3, 0.4) is 0 Å². The monoisotopic (exact) mass is 326 g/mol. The molecule has 0 fully saturated rings. The second-order valence-electron chi connectivity index (χ2n) is 4.37. The maximum atomic E-state index is 13.5. The number of methoxy groups -OCH3 is 2. The van der Waals surface area contributed by atoms with Gasteiger partial charge < -0.3 is 20.1 Å². The van der Waals surface area contributed by atoms with Gasteiger partial charge in [0.25, 0.3) is 0 Å². The highest BCUT2D eigenvalue weighted by molar-refractivity contribution is 6.00. The number of rotatable bonds is 4. The van der Waals surface area contributed by atoms with E-state index < -0.39 is 29.2 Å². The van der Waals surface area contributed by atoms with E-state index in [-0.39, 0.29) is 5.69 Å². The van der Waals surface area contributed by atoms with Crippen molar-refractivity contribution in [1.82, 2.24) is 0 Å². The Morgan fingerprint density at radius 2 is 1.61 bits per heavy atom. The molecule has 2 amide bonds. The number of carbonyl (C=O) groups excluding carboxylic acids is 1.